The molecule has 0 N–H and O–H groups in total. The Morgan fingerprint density at radius 1 is 1.44 bits per heavy atom. The molecule has 138 valence electrons. The molecule has 4 heteroatoms. The van der Waals surface area contributed by atoms with Gasteiger partial charge in [-0.25, -0.2) is 4.98 Å². The maximum atomic E-state index is 12.3. The molecule has 1 aliphatic rings. The van der Waals surface area contributed by atoms with Gasteiger partial charge in [-0.3, -0.25) is 4.79 Å². The first-order valence-corrected chi connectivity index (χ1v) is 9.35. The predicted octanol–water partition coefficient (Wildman–Crippen LogP) is 4.20. The van der Waals surface area contributed by atoms with Gasteiger partial charge in [0.1, 0.15) is 0 Å². The smallest absolute Gasteiger partial charge is 0.302 e. The van der Waals surface area contributed by atoms with Gasteiger partial charge in [0, 0.05) is 31.2 Å². The number of terminal acetylenes is 1. The standard InChI is InChI=1S/C23H25N3O/c1-3-23(27)26(14-7-11-21-10-5-4-8-19(21)2)22-12-6-9-20(16-22)17-25-15-13-24-18-25/h1,4-6,9-10,12-13,15-16,18-19H,7-8,11,14,17H2,2H3. The van der Waals surface area contributed by atoms with Crippen molar-refractivity contribution in [2.24, 2.45) is 5.92 Å². The predicted molar refractivity (Wildman–Crippen MR) is 109 cm³/mol. The second-order valence-corrected chi connectivity index (χ2v) is 6.92. The third-order valence-corrected chi connectivity index (χ3v) is 4.93. The number of hydrogen-bond acceptors (Lipinski definition) is 2. The van der Waals surface area contributed by atoms with Gasteiger partial charge < -0.3 is 9.47 Å². The molecule has 1 aliphatic carbocycles. The first kappa shape index (κ1) is 18.7. The Balaban J connectivity index is 1.69. The van der Waals surface area contributed by atoms with Gasteiger partial charge in [0.15, 0.2) is 0 Å². The number of imidazole rings is 1. The van der Waals surface area contributed by atoms with Crippen molar-refractivity contribution < 1.29 is 4.79 Å². The highest BCUT2D eigenvalue weighted by Gasteiger charge is 2.15. The molecule has 27 heavy (non-hydrogen) atoms. The Bertz CT molecular complexity index is 871. The summed E-state index contributed by atoms with van der Waals surface area (Å²) < 4.78 is 2.00. The van der Waals surface area contributed by atoms with E-state index in [0.29, 0.717) is 19.0 Å². The summed E-state index contributed by atoms with van der Waals surface area (Å²) in [6.45, 7) is 3.58. The molecule has 1 aromatic carbocycles. The summed E-state index contributed by atoms with van der Waals surface area (Å²) in [6, 6.07) is 7.98. The number of benzene rings is 1. The summed E-state index contributed by atoms with van der Waals surface area (Å²) in [6.07, 6.45) is 20.4. The van der Waals surface area contributed by atoms with Crippen molar-refractivity contribution in [2.45, 2.75) is 32.7 Å². The van der Waals surface area contributed by atoms with Crippen LogP contribution in [0.15, 0.2) is 66.8 Å². The van der Waals surface area contributed by atoms with Crippen LogP contribution >= 0.6 is 0 Å². The van der Waals surface area contributed by atoms with Crippen molar-refractivity contribution in [1.82, 2.24) is 9.55 Å². The lowest BCUT2D eigenvalue weighted by Gasteiger charge is -2.23. The van der Waals surface area contributed by atoms with Crippen LogP contribution < -0.4 is 4.90 Å². The minimum Gasteiger partial charge on any atom is -0.333 e. The molecule has 0 fully saturated rings. The monoisotopic (exact) mass is 359 g/mol. The number of amides is 1. The van der Waals surface area contributed by atoms with Crippen molar-refractivity contribution in [2.75, 3.05) is 11.4 Å². The summed E-state index contributed by atoms with van der Waals surface area (Å²) in [7, 11) is 0. The normalized spacial score (nSPS) is 15.9. The molecule has 0 saturated heterocycles. The highest BCUT2D eigenvalue weighted by Crippen LogP contribution is 2.25. The number of carbonyl (C=O) groups is 1. The summed E-state index contributed by atoms with van der Waals surface area (Å²) in [4.78, 5) is 18.1. The molecule has 0 spiro atoms. The zero-order valence-electron chi connectivity index (χ0n) is 15.7. The van der Waals surface area contributed by atoms with Gasteiger partial charge >= 0.3 is 5.91 Å². The Morgan fingerprint density at radius 2 is 2.33 bits per heavy atom. The molecule has 2 aromatic rings. The molecular formula is C23H25N3O. The van der Waals surface area contributed by atoms with Crippen molar-refractivity contribution in [3.05, 3.63) is 72.4 Å². The molecular weight excluding hydrogens is 334 g/mol. The number of anilines is 1. The van der Waals surface area contributed by atoms with Gasteiger partial charge in [-0.1, -0.05) is 42.9 Å². The van der Waals surface area contributed by atoms with Crippen LogP contribution in [0.2, 0.25) is 0 Å². The Labute approximate surface area is 161 Å². The number of carbonyl (C=O) groups excluding carboxylic acids is 1. The summed E-state index contributed by atoms with van der Waals surface area (Å²) in [5.41, 5.74) is 3.40. The minimum atomic E-state index is -0.291. The lowest BCUT2D eigenvalue weighted by Crippen LogP contribution is -2.30. The van der Waals surface area contributed by atoms with E-state index in [4.69, 9.17) is 6.42 Å². The van der Waals surface area contributed by atoms with E-state index < -0.39 is 0 Å². The quantitative estimate of drug-likeness (QED) is 0.695. The van der Waals surface area contributed by atoms with E-state index in [1.165, 1.54) is 5.57 Å². The first-order valence-electron chi connectivity index (χ1n) is 9.35. The number of rotatable bonds is 7. The van der Waals surface area contributed by atoms with Gasteiger partial charge in [0.05, 0.1) is 6.33 Å². The Hall–Kier alpha value is -3.06. The number of allylic oxidation sites excluding steroid dienone is 4. The van der Waals surface area contributed by atoms with Gasteiger partial charge in [0.2, 0.25) is 0 Å². The second kappa shape index (κ2) is 9.05. The second-order valence-electron chi connectivity index (χ2n) is 6.92. The number of aromatic nitrogens is 2. The van der Waals surface area contributed by atoms with Crippen molar-refractivity contribution in [1.29, 1.82) is 0 Å². The maximum absolute atomic E-state index is 12.3. The fourth-order valence-electron chi connectivity index (χ4n) is 3.40. The summed E-state index contributed by atoms with van der Waals surface area (Å²) >= 11 is 0. The molecule has 0 bridgehead atoms. The molecule has 0 saturated carbocycles. The van der Waals surface area contributed by atoms with Gasteiger partial charge in [-0.05, 0) is 48.8 Å². The van der Waals surface area contributed by atoms with Crippen LogP contribution in [0.25, 0.3) is 0 Å². The average Bonchev–Trinajstić information content (AvgIpc) is 3.19. The van der Waals surface area contributed by atoms with Crippen molar-refractivity contribution in [3.63, 3.8) is 0 Å². The molecule has 4 nitrogen and oxygen atoms in total. The Kier molecular flexibility index (Phi) is 6.27. The van der Waals surface area contributed by atoms with E-state index in [0.717, 1.165) is 30.5 Å². The fraction of sp³-hybridized carbons (Fsp3) is 0.304. The molecule has 1 atom stereocenters. The Morgan fingerprint density at radius 3 is 3.07 bits per heavy atom. The highest BCUT2D eigenvalue weighted by atomic mass is 16.2. The van der Waals surface area contributed by atoms with Crippen LogP contribution in [0, 0.1) is 18.3 Å². The minimum absolute atomic E-state index is 0.291. The fourth-order valence-corrected chi connectivity index (χ4v) is 3.40. The van der Waals surface area contributed by atoms with E-state index >= 15 is 0 Å². The SMILES string of the molecule is C#CC(=O)N(CCCC1=CC=CCC1C)c1cccc(Cn2ccnc2)c1. The van der Waals surface area contributed by atoms with Crippen LogP contribution in [0.4, 0.5) is 5.69 Å². The maximum Gasteiger partial charge on any atom is 0.302 e. The van der Waals surface area contributed by atoms with E-state index in [9.17, 15) is 4.79 Å². The lowest BCUT2D eigenvalue weighted by molar-refractivity contribution is -0.113. The largest absolute Gasteiger partial charge is 0.333 e. The molecule has 1 unspecified atom stereocenters. The van der Waals surface area contributed by atoms with Crippen LogP contribution in [-0.2, 0) is 11.3 Å². The van der Waals surface area contributed by atoms with Crippen LogP contribution in [0.5, 0.6) is 0 Å². The molecule has 3 rings (SSSR count). The zero-order chi connectivity index (χ0) is 19.1. The van der Waals surface area contributed by atoms with Crippen molar-refractivity contribution >= 4 is 11.6 Å². The van der Waals surface area contributed by atoms with E-state index in [1.54, 1.807) is 17.4 Å². The third-order valence-electron chi connectivity index (χ3n) is 4.93. The highest BCUT2D eigenvalue weighted by molar-refractivity contribution is 6.05. The van der Waals surface area contributed by atoms with Crippen molar-refractivity contribution in [3.8, 4) is 12.3 Å². The first-order chi connectivity index (χ1) is 13.2. The number of hydrogen-bond donors (Lipinski definition) is 0. The zero-order valence-corrected chi connectivity index (χ0v) is 15.7. The van der Waals surface area contributed by atoms with E-state index in [-0.39, 0.29) is 5.91 Å². The lowest BCUT2D eigenvalue weighted by atomic mass is 9.90. The number of nitrogens with zero attached hydrogens (tertiary/aromatic N) is 3. The molecule has 0 radical (unpaired) electrons. The van der Waals surface area contributed by atoms with Crippen LogP contribution in [-0.4, -0.2) is 22.0 Å². The summed E-state index contributed by atoms with van der Waals surface area (Å²) in [5, 5.41) is 0. The summed E-state index contributed by atoms with van der Waals surface area (Å²) in [5.74, 6) is 2.55. The molecule has 1 heterocycles. The van der Waals surface area contributed by atoms with Crippen LogP contribution in [0.1, 0.15) is 31.7 Å². The topological polar surface area (TPSA) is 38.1 Å². The van der Waals surface area contributed by atoms with Gasteiger partial charge in [-0.15, -0.1) is 6.42 Å². The third kappa shape index (κ3) is 4.98. The van der Waals surface area contributed by atoms with Gasteiger partial charge in [0.25, 0.3) is 0 Å². The molecule has 1 amide bonds. The van der Waals surface area contributed by atoms with Crippen LogP contribution in [0.3, 0.4) is 0 Å². The van der Waals surface area contributed by atoms with Gasteiger partial charge in [-0.2, -0.15) is 0 Å². The molecule has 1 aromatic heterocycles. The van der Waals surface area contributed by atoms with E-state index in [1.807, 2.05) is 35.0 Å². The average molecular weight is 359 g/mol. The van der Waals surface area contributed by atoms with E-state index in [2.05, 4.69) is 36.1 Å². The molecule has 0 aliphatic heterocycles.